The van der Waals surface area contributed by atoms with Crippen LogP contribution in [0.2, 0.25) is 0 Å². The van der Waals surface area contributed by atoms with E-state index in [9.17, 15) is 14.4 Å². The number of rotatable bonds is 6. The van der Waals surface area contributed by atoms with Gasteiger partial charge in [0.2, 0.25) is 11.8 Å². The molecule has 0 saturated carbocycles. The van der Waals surface area contributed by atoms with E-state index < -0.39 is 11.9 Å². The van der Waals surface area contributed by atoms with Crippen LogP contribution in [0.15, 0.2) is 42.5 Å². The van der Waals surface area contributed by atoms with Crippen LogP contribution in [0.3, 0.4) is 0 Å². The lowest BCUT2D eigenvalue weighted by Gasteiger charge is -2.42. The van der Waals surface area contributed by atoms with Crippen molar-refractivity contribution in [2.45, 2.75) is 43.9 Å². The van der Waals surface area contributed by atoms with E-state index in [2.05, 4.69) is 50.2 Å². The van der Waals surface area contributed by atoms with Gasteiger partial charge < -0.3 is 19.3 Å². The maximum absolute atomic E-state index is 13.0. The maximum atomic E-state index is 13.0. The van der Waals surface area contributed by atoms with E-state index in [0.29, 0.717) is 30.9 Å². The number of morpholine rings is 1. The summed E-state index contributed by atoms with van der Waals surface area (Å²) in [5, 5.41) is 2.36. The number of nitrogens with zero attached hydrogens (tertiary/aromatic N) is 2. The molecule has 180 valence electrons. The van der Waals surface area contributed by atoms with Crippen LogP contribution in [-0.2, 0) is 34.0 Å². The predicted octanol–water partition coefficient (Wildman–Crippen LogP) is -0.221. The van der Waals surface area contributed by atoms with Gasteiger partial charge in [0.05, 0.1) is 19.8 Å². The summed E-state index contributed by atoms with van der Waals surface area (Å²) in [6.45, 7) is 3.98. The van der Waals surface area contributed by atoms with Crippen molar-refractivity contribution < 1.29 is 23.9 Å². The highest BCUT2D eigenvalue weighted by atomic mass is 16.5. The first-order chi connectivity index (χ1) is 16.8. The molecule has 2 saturated heterocycles. The molecule has 3 aliphatic rings. The summed E-state index contributed by atoms with van der Waals surface area (Å²) in [5.41, 5.74) is 3.62. The SMILES string of the molecule is BC1(B)COCCN1Cc1ccc(COc2cccc3c2CN(C2CCC(=O)NC2=O)C3=O)cc1. The zero-order valence-electron chi connectivity index (χ0n) is 20.2. The smallest absolute Gasteiger partial charge is 0.255 e. The van der Waals surface area contributed by atoms with Crippen LogP contribution in [0, 0.1) is 0 Å². The Kier molecular flexibility index (Phi) is 6.42. The van der Waals surface area contributed by atoms with Crippen LogP contribution in [0.1, 0.15) is 39.9 Å². The Morgan fingerprint density at radius 1 is 1.09 bits per heavy atom. The number of carbonyl (C=O) groups is 3. The molecular formula is C25H29B2N3O5. The lowest BCUT2D eigenvalue weighted by atomic mass is 9.60. The second kappa shape index (κ2) is 9.51. The van der Waals surface area contributed by atoms with Gasteiger partial charge in [0.15, 0.2) is 0 Å². The summed E-state index contributed by atoms with van der Waals surface area (Å²) in [5.74, 6) is -0.260. The Bertz CT molecular complexity index is 1150. The number of benzene rings is 2. The summed E-state index contributed by atoms with van der Waals surface area (Å²) >= 11 is 0. The minimum Gasteiger partial charge on any atom is -0.489 e. The van der Waals surface area contributed by atoms with Crippen LogP contribution in [-0.4, -0.2) is 74.4 Å². The van der Waals surface area contributed by atoms with Crippen molar-refractivity contribution in [3.05, 3.63) is 64.7 Å². The molecule has 0 spiro atoms. The third kappa shape index (κ3) is 4.86. The predicted molar refractivity (Wildman–Crippen MR) is 134 cm³/mol. The molecule has 3 amide bonds. The standard InChI is InChI=1S/C25H29B2N3O5/c26-25(27)15-34-11-10-29(25)12-16-4-6-17(7-5-16)14-35-21-3-1-2-18-19(21)13-30(24(18)33)20-8-9-22(31)28-23(20)32/h1-7,20H,8-15,26-27H2,(H,28,31,32). The zero-order valence-corrected chi connectivity index (χ0v) is 20.2. The molecule has 3 heterocycles. The fourth-order valence-electron chi connectivity index (χ4n) is 5.00. The zero-order chi connectivity index (χ0) is 24.6. The van der Waals surface area contributed by atoms with Gasteiger partial charge in [0.25, 0.3) is 5.91 Å². The van der Waals surface area contributed by atoms with Crippen molar-refractivity contribution in [3.8, 4) is 5.75 Å². The number of carbonyl (C=O) groups excluding carboxylic acids is 3. The van der Waals surface area contributed by atoms with E-state index in [1.807, 2.05) is 6.07 Å². The summed E-state index contributed by atoms with van der Waals surface area (Å²) in [7, 11) is 4.41. The second-order valence-corrected chi connectivity index (χ2v) is 10.1. The first kappa shape index (κ1) is 23.6. The van der Waals surface area contributed by atoms with Crippen LogP contribution in [0.25, 0.3) is 0 Å². The van der Waals surface area contributed by atoms with Crippen molar-refractivity contribution >= 4 is 33.4 Å². The highest BCUT2D eigenvalue weighted by Crippen LogP contribution is 2.34. The average molecular weight is 473 g/mol. The normalized spacial score (nSPS) is 22.1. The molecule has 35 heavy (non-hydrogen) atoms. The van der Waals surface area contributed by atoms with Gasteiger partial charge in [-0.15, -0.1) is 0 Å². The van der Waals surface area contributed by atoms with Gasteiger partial charge in [-0.3, -0.25) is 19.7 Å². The van der Waals surface area contributed by atoms with E-state index in [-0.39, 0.29) is 23.6 Å². The van der Waals surface area contributed by atoms with Crippen molar-refractivity contribution in [1.82, 2.24) is 15.1 Å². The molecule has 0 bridgehead atoms. The molecule has 0 aliphatic carbocycles. The van der Waals surface area contributed by atoms with Crippen molar-refractivity contribution in [2.75, 3.05) is 19.8 Å². The molecule has 1 unspecified atom stereocenters. The van der Waals surface area contributed by atoms with Gasteiger partial charge in [0.1, 0.15) is 34.1 Å². The molecule has 10 heteroatoms. The Hall–Kier alpha value is -3.10. The molecule has 8 nitrogen and oxygen atoms in total. The Morgan fingerprint density at radius 3 is 2.60 bits per heavy atom. The number of fused-ring (bicyclic) bond motifs is 1. The maximum Gasteiger partial charge on any atom is 0.255 e. The lowest BCUT2D eigenvalue weighted by Crippen LogP contribution is -2.57. The summed E-state index contributed by atoms with van der Waals surface area (Å²) in [4.78, 5) is 40.8. The van der Waals surface area contributed by atoms with Gasteiger partial charge in [-0.05, 0) is 35.0 Å². The fourth-order valence-corrected chi connectivity index (χ4v) is 5.00. The number of amides is 3. The van der Waals surface area contributed by atoms with Crippen molar-refractivity contribution in [2.24, 2.45) is 0 Å². The van der Waals surface area contributed by atoms with E-state index in [1.54, 1.807) is 17.0 Å². The van der Waals surface area contributed by atoms with E-state index in [4.69, 9.17) is 9.47 Å². The second-order valence-electron chi connectivity index (χ2n) is 10.1. The highest BCUT2D eigenvalue weighted by Gasteiger charge is 2.40. The van der Waals surface area contributed by atoms with Crippen molar-refractivity contribution in [1.29, 1.82) is 0 Å². The molecule has 0 radical (unpaired) electrons. The first-order valence-electron chi connectivity index (χ1n) is 12.1. The van der Waals surface area contributed by atoms with Gasteiger partial charge in [0, 0.05) is 30.6 Å². The van der Waals surface area contributed by atoms with E-state index in [0.717, 1.165) is 37.4 Å². The molecule has 2 aromatic carbocycles. The van der Waals surface area contributed by atoms with Gasteiger partial charge in [-0.1, -0.05) is 30.3 Å². The quantitative estimate of drug-likeness (QED) is 0.462. The minimum absolute atomic E-state index is 0.0207. The highest BCUT2D eigenvalue weighted by molar-refractivity contribution is 6.40. The number of nitrogens with one attached hydrogen (secondary N) is 1. The number of piperidine rings is 1. The minimum atomic E-state index is -0.635. The third-order valence-electron chi connectivity index (χ3n) is 7.15. The Balaban J connectivity index is 1.23. The first-order valence-corrected chi connectivity index (χ1v) is 12.1. The molecular weight excluding hydrogens is 444 g/mol. The van der Waals surface area contributed by atoms with Crippen LogP contribution in [0.4, 0.5) is 0 Å². The van der Waals surface area contributed by atoms with E-state index >= 15 is 0 Å². The third-order valence-corrected chi connectivity index (χ3v) is 7.15. The molecule has 1 N–H and O–H groups in total. The lowest BCUT2D eigenvalue weighted by molar-refractivity contribution is -0.136. The van der Waals surface area contributed by atoms with Crippen molar-refractivity contribution in [3.63, 3.8) is 0 Å². The molecule has 2 aromatic rings. The topological polar surface area (TPSA) is 88.2 Å². The monoisotopic (exact) mass is 473 g/mol. The molecule has 0 aromatic heterocycles. The Labute approximate surface area is 206 Å². The number of ether oxygens (including phenoxy) is 2. The molecule has 2 fully saturated rings. The number of imide groups is 1. The van der Waals surface area contributed by atoms with Crippen LogP contribution in [0.5, 0.6) is 5.75 Å². The van der Waals surface area contributed by atoms with E-state index in [1.165, 1.54) is 5.56 Å². The Morgan fingerprint density at radius 2 is 1.86 bits per heavy atom. The van der Waals surface area contributed by atoms with Crippen LogP contribution >= 0.6 is 0 Å². The number of hydrogen-bond donors (Lipinski definition) is 1. The largest absolute Gasteiger partial charge is 0.489 e. The number of hydrogen-bond acceptors (Lipinski definition) is 6. The molecule has 5 rings (SSSR count). The van der Waals surface area contributed by atoms with Gasteiger partial charge in [-0.2, -0.15) is 0 Å². The molecule has 1 atom stereocenters. The van der Waals surface area contributed by atoms with Crippen LogP contribution < -0.4 is 10.1 Å². The average Bonchev–Trinajstić information content (AvgIpc) is 3.17. The summed E-state index contributed by atoms with van der Waals surface area (Å²) < 4.78 is 11.7. The summed E-state index contributed by atoms with van der Waals surface area (Å²) in [6, 6.07) is 13.2. The molecule has 3 aliphatic heterocycles. The van der Waals surface area contributed by atoms with Gasteiger partial charge in [-0.25, -0.2) is 0 Å². The van der Waals surface area contributed by atoms with Gasteiger partial charge >= 0.3 is 0 Å². The fraction of sp³-hybridized carbons (Fsp3) is 0.400. The summed E-state index contributed by atoms with van der Waals surface area (Å²) in [6.07, 6.45) is 0.577.